The maximum Gasteiger partial charge on any atom is 0.472 e. The molecule has 0 fully saturated rings. The van der Waals surface area contributed by atoms with Crippen molar-refractivity contribution in [2.24, 2.45) is 0 Å². The molecule has 116 valence electrons. The Hall–Kier alpha value is -2.77. The van der Waals surface area contributed by atoms with Crippen molar-refractivity contribution in [1.82, 2.24) is 10.9 Å². The second-order valence-corrected chi connectivity index (χ2v) is 4.27. The topological polar surface area (TPSA) is 67.4 Å². The molecule has 0 atom stereocenters. The van der Waals surface area contributed by atoms with Gasteiger partial charge in [-0.25, -0.2) is 0 Å². The maximum atomic E-state index is 11.9. The smallest absolute Gasteiger partial charge is 0.472 e. The molecule has 0 aliphatic heterocycles. The van der Waals surface area contributed by atoms with Gasteiger partial charge in [0.2, 0.25) is 0 Å². The van der Waals surface area contributed by atoms with Crippen LogP contribution in [0.25, 0.3) is 10.8 Å². The number of amides is 2. The number of hydrogen-bond acceptors (Lipinski definition) is 3. The zero-order chi connectivity index (χ0) is 16.2. The minimum atomic E-state index is -5.07. The standard InChI is InChI=1S/C14H11F3N2O3/c15-14(16,17)13(21)19-18-12(20)8-22-11-7-3-5-9-4-1-2-6-10(9)11/h1-7H,8H2,(H,18,20)(H,19,21). The molecule has 0 unspecified atom stereocenters. The van der Waals surface area contributed by atoms with Crippen molar-refractivity contribution >= 4 is 22.6 Å². The van der Waals surface area contributed by atoms with Gasteiger partial charge < -0.3 is 4.74 Å². The van der Waals surface area contributed by atoms with Gasteiger partial charge in [-0.2, -0.15) is 13.2 Å². The van der Waals surface area contributed by atoms with Gasteiger partial charge in [-0.3, -0.25) is 20.4 Å². The molecular weight excluding hydrogens is 301 g/mol. The molecular formula is C14H11F3N2O3. The van der Waals surface area contributed by atoms with Crippen LogP contribution in [0.2, 0.25) is 0 Å². The van der Waals surface area contributed by atoms with E-state index >= 15 is 0 Å². The first-order valence-corrected chi connectivity index (χ1v) is 6.14. The van der Waals surface area contributed by atoms with Crippen LogP contribution in [0.5, 0.6) is 5.75 Å². The number of rotatable bonds is 3. The largest absolute Gasteiger partial charge is 0.483 e. The zero-order valence-electron chi connectivity index (χ0n) is 11.1. The molecule has 8 heteroatoms. The van der Waals surface area contributed by atoms with Crippen LogP contribution in [0.1, 0.15) is 0 Å². The molecule has 2 aromatic rings. The van der Waals surface area contributed by atoms with E-state index in [4.69, 9.17) is 4.74 Å². The number of carbonyl (C=O) groups excluding carboxylic acids is 2. The normalized spacial score (nSPS) is 11.0. The maximum absolute atomic E-state index is 11.9. The predicted octanol–water partition coefficient (Wildman–Crippen LogP) is 1.93. The molecule has 5 nitrogen and oxygen atoms in total. The van der Waals surface area contributed by atoms with Gasteiger partial charge in [0, 0.05) is 5.39 Å². The minimum Gasteiger partial charge on any atom is -0.483 e. The van der Waals surface area contributed by atoms with E-state index in [9.17, 15) is 22.8 Å². The van der Waals surface area contributed by atoms with E-state index in [1.54, 1.807) is 29.7 Å². The molecule has 2 amide bonds. The molecule has 0 saturated carbocycles. The lowest BCUT2D eigenvalue weighted by atomic mass is 10.1. The third-order valence-corrected chi connectivity index (χ3v) is 2.68. The molecule has 0 radical (unpaired) electrons. The number of hydrogen-bond donors (Lipinski definition) is 2. The van der Waals surface area contributed by atoms with Crippen LogP contribution in [0.3, 0.4) is 0 Å². The fraction of sp³-hybridized carbons (Fsp3) is 0.143. The van der Waals surface area contributed by atoms with Crippen LogP contribution in [0.15, 0.2) is 42.5 Å². The van der Waals surface area contributed by atoms with Gasteiger partial charge in [-0.15, -0.1) is 0 Å². The van der Waals surface area contributed by atoms with Crippen LogP contribution in [-0.2, 0) is 9.59 Å². The molecule has 0 bridgehead atoms. The van der Waals surface area contributed by atoms with Crippen LogP contribution in [-0.4, -0.2) is 24.6 Å². The van der Waals surface area contributed by atoms with E-state index in [-0.39, 0.29) is 0 Å². The van der Waals surface area contributed by atoms with Gasteiger partial charge in [0.1, 0.15) is 5.75 Å². The van der Waals surface area contributed by atoms with Gasteiger partial charge in [0.25, 0.3) is 5.91 Å². The van der Waals surface area contributed by atoms with E-state index in [1.165, 1.54) is 5.43 Å². The summed E-state index contributed by atoms with van der Waals surface area (Å²) >= 11 is 0. The van der Waals surface area contributed by atoms with Crippen molar-refractivity contribution < 1.29 is 27.5 Å². The van der Waals surface area contributed by atoms with E-state index in [0.717, 1.165) is 10.8 Å². The Labute approximate surface area is 123 Å². The zero-order valence-corrected chi connectivity index (χ0v) is 11.1. The lowest BCUT2D eigenvalue weighted by Gasteiger charge is -2.11. The molecule has 0 aromatic heterocycles. The Morgan fingerprint density at radius 2 is 1.68 bits per heavy atom. The van der Waals surface area contributed by atoms with Crippen molar-refractivity contribution in [1.29, 1.82) is 0 Å². The van der Waals surface area contributed by atoms with Crippen molar-refractivity contribution in [2.75, 3.05) is 6.61 Å². The average Bonchev–Trinajstić information content (AvgIpc) is 2.49. The van der Waals surface area contributed by atoms with Gasteiger partial charge in [0.15, 0.2) is 6.61 Å². The highest BCUT2D eigenvalue weighted by Gasteiger charge is 2.38. The Morgan fingerprint density at radius 3 is 2.41 bits per heavy atom. The Kier molecular flexibility index (Phi) is 4.50. The fourth-order valence-electron chi connectivity index (χ4n) is 1.70. The summed E-state index contributed by atoms with van der Waals surface area (Å²) in [5, 5.41) is 1.66. The summed E-state index contributed by atoms with van der Waals surface area (Å²) in [4.78, 5) is 21.9. The Morgan fingerprint density at radius 1 is 1.00 bits per heavy atom. The summed E-state index contributed by atoms with van der Waals surface area (Å²) < 4.78 is 41.0. The van der Waals surface area contributed by atoms with Crippen molar-refractivity contribution in [3.63, 3.8) is 0 Å². The van der Waals surface area contributed by atoms with E-state index in [1.807, 2.05) is 18.2 Å². The molecule has 2 N–H and O–H groups in total. The highest BCUT2D eigenvalue weighted by Crippen LogP contribution is 2.24. The molecule has 2 rings (SSSR count). The van der Waals surface area contributed by atoms with Crippen LogP contribution in [0, 0.1) is 0 Å². The predicted molar refractivity (Wildman–Crippen MR) is 71.8 cm³/mol. The Bertz CT molecular complexity index is 696. The van der Waals surface area contributed by atoms with Crippen LogP contribution < -0.4 is 15.6 Å². The first-order valence-electron chi connectivity index (χ1n) is 6.14. The van der Waals surface area contributed by atoms with Crippen LogP contribution >= 0.6 is 0 Å². The van der Waals surface area contributed by atoms with Gasteiger partial charge in [0.05, 0.1) is 0 Å². The molecule has 0 aliphatic rings. The van der Waals surface area contributed by atoms with Gasteiger partial charge in [-0.05, 0) is 11.5 Å². The number of halogens is 3. The average molecular weight is 312 g/mol. The quantitative estimate of drug-likeness (QED) is 0.851. The third kappa shape index (κ3) is 3.87. The SMILES string of the molecule is O=C(COc1cccc2ccccc12)NNC(=O)C(F)(F)F. The monoisotopic (exact) mass is 312 g/mol. The number of nitrogens with one attached hydrogen (secondary N) is 2. The summed E-state index contributed by atoms with van der Waals surface area (Å²) in [5.74, 6) is -2.76. The highest BCUT2D eigenvalue weighted by molar-refractivity contribution is 5.89. The lowest BCUT2D eigenvalue weighted by Crippen LogP contribution is -2.49. The minimum absolute atomic E-state index is 0.412. The van der Waals surface area contributed by atoms with Crippen LogP contribution in [0.4, 0.5) is 13.2 Å². The first kappa shape index (κ1) is 15.6. The van der Waals surface area contributed by atoms with Crippen molar-refractivity contribution in [3.05, 3.63) is 42.5 Å². The Balaban J connectivity index is 1.92. The molecule has 0 spiro atoms. The third-order valence-electron chi connectivity index (χ3n) is 2.68. The molecule has 2 aromatic carbocycles. The molecule has 22 heavy (non-hydrogen) atoms. The van der Waals surface area contributed by atoms with Gasteiger partial charge >= 0.3 is 12.1 Å². The van der Waals surface area contributed by atoms with E-state index < -0.39 is 24.6 Å². The summed E-state index contributed by atoms with van der Waals surface area (Å²) in [6.07, 6.45) is -5.07. The summed E-state index contributed by atoms with van der Waals surface area (Å²) in [6.45, 7) is -0.536. The lowest BCUT2D eigenvalue weighted by molar-refractivity contribution is -0.175. The van der Waals surface area contributed by atoms with Crippen molar-refractivity contribution in [3.8, 4) is 5.75 Å². The summed E-state index contributed by atoms with van der Waals surface area (Å²) in [6, 6.07) is 12.5. The van der Waals surface area contributed by atoms with Gasteiger partial charge in [-0.1, -0.05) is 36.4 Å². The number of ether oxygens (including phenoxy) is 1. The first-order chi connectivity index (χ1) is 10.4. The second-order valence-electron chi connectivity index (χ2n) is 4.27. The number of fused-ring (bicyclic) bond motifs is 1. The molecule has 0 heterocycles. The fourth-order valence-corrected chi connectivity index (χ4v) is 1.70. The number of alkyl halides is 3. The summed E-state index contributed by atoms with van der Waals surface area (Å²) in [5.41, 5.74) is 2.88. The molecule has 0 aliphatic carbocycles. The molecule has 0 saturated heterocycles. The number of hydrazine groups is 1. The van der Waals surface area contributed by atoms with E-state index in [0.29, 0.717) is 5.75 Å². The highest BCUT2D eigenvalue weighted by atomic mass is 19.4. The number of carbonyl (C=O) groups is 2. The van der Waals surface area contributed by atoms with E-state index in [2.05, 4.69) is 0 Å². The second kappa shape index (κ2) is 6.33. The van der Waals surface area contributed by atoms with Crippen molar-refractivity contribution in [2.45, 2.75) is 6.18 Å². The summed E-state index contributed by atoms with van der Waals surface area (Å²) in [7, 11) is 0. The number of benzene rings is 2.